The maximum absolute atomic E-state index is 6.04. The van der Waals surface area contributed by atoms with Crippen molar-refractivity contribution in [1.82, 2.24) is 9.97 Å². The average Bonchev–Trinajstić information content (AvgIpc) is 2.39. The molecule has 2 rings (SSSR count). The molecule has 2 heterocycles. The molecule has 1 unspecified atom stereocenters. The number of nitrogens with one attached hydrogen (secondary N) is 1. The number of hydrogen-bond acceptors (Lipinski definition) is 4. The maximum atomic E-state index is 6.04. The molecule has 1 aliphatic rings. The number of anilines is 1. The summed E-state index contributed by atoms with van der Waals surface area (Å²) in [6.07, 6.45) is 4.10. The van der Waals surface area contributed by atoms with E-state index in [2.05, 4.69) is 29.1 Å². The van der Waals surface area contributed by atoms with Gasteiger partial charge in [-0.25, -0.2) is 9.97 Å². The van der Waals surface area contributed by atoms with Gasteiger partial charge in [-0.3, -0.25) is 0 Å². The Morgan fingerprint density at radius 1 is 1.42 bits per heavy atom. The Labute approximate surface area is 119 Å². The molecule has 0 bridgehead atoms. The summed E-state index contributed by atoms with van der Waals surface area (Å²) in [5, 5.41) is 3.97. The van der Waals surface area contributed by atoms with E-state index in [1.807, 2.05) is 0 Å². The molecular weight excluding hydrogens is 262 g/mol. The van der Waals surface area contributed by atoms with Gasteiger partial charge in [0, 0.05) is 31.7 Å². The van der Waals surface area contributed by atoms with Gasteiger partial charge < -0.3 is 10.1 Å². The SMILES string of the molecule is CCCc1nc(Cl)cc(NC(C)C2CCOCC2)n1. The third-order valence-electron chi connectivity index (χ3n) is 3.56. The lowest BCUT2D eigenvalue weighted by molar-refractivity contribution is 0.0622. The van der Waals surface area contributed by atoms with Crippen LogP contribution >= 0.6 is 11.6 Å². The van der Waals surface area contributed by atoms with E-state index >= 15 is 0 Å². The normalized spacial score (nSPS) is 18.3. The fourth-order valence-corrected chi connectivity index (χ4v) is 2.64. The maximum Gasteiger partial charge on any atom is 0.134 e. The molecule has 106 valence electrons. The van der Waals surface area contributed by atoms with Crippen LogP contribution in [0.15, 0.2) is 6.07 Å². The van der Waals surface area contributed by atoms with E-state index in [1.165, 1.54) is 0 Å². The Kier molecular flexibility index (Phi) is 5.40. The molecule has 0 saturated carbocycles. The van der Waals surface area contributed by atoms with Crippen molar-refractivity contribution >= 4 is 17.4 Å². The summed E-state index contributed by atoms with van der Waals surface area (Å²) in [6, 6.07) is 2.18. The summed E-state index contributed by atoms with van der Waals surface area (Å²) < 4.78 is 5.40. The Morgan fingerprint density at radius 2 is 2.16 bits per heavy atom. The Bertz CT molecular complexity index is 408. The largest absolute Gasteiger partial charge is 0.381 e. The van der Waals surface area contributed by atoms with Gasteiger partial charge in [0.05, 0.1) is 0 Å². The quantitative estimate of drug-likeness (QED) is 0.842. The van der Waals surface area contributed by atoms with E-state index in [0.29, 0.717) is 17.1 Å². The fraction of sp³-hybridized carbons (Fsp3) is 0.714. The van der Waals surface area contributed by atoms with Gasteiger partial charge >= 0.3 is 0 Å². The molecular formula is C14H22ClN3O. The Morgan fingerprint density at radius 3 is 2.84 bits per heavy atom. The molecule has 5 heteroatoms. The zero-order valence-electron chi connectivity index (χ0n) is 11.7. The second-order valence-electron chi connectivity index (χ2n) is 5.12. The highest BCUT2D eigenvalue weighted by atomic mass is 35.5. The predicted octanol–water partition coefficient (Wildman–Crippen LogP) is 3.31. The van der Waals surface area contributed by atoms with Crippen LogP contribution in [0.5, 0.6) is 0 Å². The second kappa shape index (κ2) is 7.06. The highest BCUT2D eigenvalue weighted by Gasteiger charge is 2.20. The molecule has 0 aliphatic carbocycles. The third-order valence-corrected chi connectivity index (χ3v) is 3.76. The van der Waals surface area contributed by atoms with Gasteiger partial charge in [-0.15, -0.1) is 0 Å². The van der Waals surface area contributed by atoms with E-state index < -0.39 is 0 Å². The summed E-state index contributed by atoms with van der Waals surface area (Å²) in [6.45, 7) is 6.04. The predicted molar refractivity (Wildman–Crippen MR) is 77.7 cm³/mol. The van der Waals surface area contributed by atoms with E-state index in [1.54, 1.807) is 6.07 Å². The number of aromatic nitrogens is 2. The van der Waals surface area contributed by atoms with E-state index in [4.69, 9.17) is 16.3 Å². The van der Waals surface area contributed by atoms with Crippen LogP contribution in [0.1, 0.15) is 38.9 Å². The first-order valence-electron chi connectivity index (χ1n) is 7.06. The molecule has 1 fully saturated rings. The topological polar surface area (TPSA) is 47.0 Å². The van der Waals surface area contributed by atoms with Gasteiger partial charge in [-0.05, 0) is 32.1 Å². The van der Waals surface area contributed by atoms with Crippen molar-refractivity contribution in [1.29, 1.82) is 0 Å². The van der Waals surface area contributed by atoms with Gasteiger partial charge in [-0.1, -0.05) is 18.5 Å². The van der Waals surface area contributed by atoms with Gasteiger partial charge in [0.25, 0.3) is 0 Å². The first-order valence-corrected chi connectivity index (χ1v) is 7.44. The number of aryl methyl sites for hydroxylation is 1. The number of halogens is 1. The molecule has 1 saturated heterocycles. The molecule has 0 aromatic carbocycles. The Balaban J connectivity index is 2.00. The van der Waals surface area contributed by atoms with Crippen LogP contribution in [0.4, 0.5) is 5.82 Å². The molecule has 0 amide bonds. The van der Waals surface area contributed by atoms with Crippen molar-refractivity contribution in [3.63, 3.8) is 0 Å². The van der Waals surface area contributed by atoms with Gasteiger partial charge in [0.15, 0.2) is 0 Å². The molecule has 0 radical (unpaired) electrons. The second-order valence-corrected chi connectivity index (χ2v) is 5.51. The van der Waals surface area contributed by atoms with Crippen molar-refractivity contribution in [2.24, 2.45) is 5.92 Å². The summed E-state index contributed by atoms with van der Waals surface area (Å²) in [5.74, 6) is 2.29. The fourth-order valence-electron chi connectivity index (χ4n) is 2.44. The highest BCUT2D eigenvalue weighted by molar-refractivity contribution is 6.29. The average molecular weight is 284 g/mol. The lowest BCUT2D eigenvalue weighted by Gasteiger charge is -2.28. The highest BCUT2D eigenvalue weighted by Crippen LogP contribution is 2.22. The standard InChI is InChI=1S/C14H22ClN3O/c1-3-4-13-17-12(15)9-14(18-13)16-10(2)11-5-7-19-8-6-11/h9-11H,3-8H2,1-2H3,(H,16,17,18). The van der Waals surface area contributed by atoms with Crippen molar-refractivity contribution in [3.05, 3.63) is 17.0 Å². The van der Waals surface area contributed by atoms with Crippen molar-refractivity contribution < 1.29 is 4.74 Å². The van der Waals surface area contributed by atoms with E-state index in [-0.39, 0.29) is 0 Å². The molecule has 1 N–H and O–H groups in total. The number of rotatable bonds is 5. The summed E-state index contributed by atoms with van der Waals surface area (Å²) in [7, 11) is 0. The van der Waals surface area contributed by atoms with Crippen LogP contribution in [0.25, 0.3) is 0 Å². The van der Waals surface area contributed by atoms with Crippen LogP contribution in [-0.4, -0.2) is 29.2 Å². The molecule has 19 heavy (non-hydrogen) atoms. The van der Waals surface area contributed by atoms with Gasteiger partial charge in [0.2, 0.25) is 0 Å². The zero-order valence-corrected chi connectivity index (χ0v) is 12.4. The first-order chi connectivity index (χ1) is 9.19. The lowest BCUT2D eigenvalue weighted by Crippen LogP contribution is -2.31. The van der Waals surface area contributed by atoms with E-state index in [0.717, 1.165) is 50.5 Å². The molecule has 0 spiro atoms. The molecule has 1 aliphatic heterocycles. The smallest absolute Gasteiger partial charge is 0.134 e. The summed E-state index contributed by atoms with van der Waals surface area (Å²) in [5.41, 5.74) is 0. The van der Waals surface area contributed by atoms with Gasteiger partial charge in [0.1, 0.15) is 16.8 Å². The van der Waals surface area contributed by atoms with Crippen LogP contribution in [0, 0.1) is 5.92 Å². The molecule has 1 atom stereocenters. The minimum Gasteiger partial charge on any atom is -0.381 e. The van der Waals surface area contributed by atoms with Crippen LogP contribution in [0.2, 0.25) is 5.15 Å². The van der Waals surface area contributed by atoms with E-state index in [9.17, 15) is 0 Å². The molecule has 1 aromatic rings. The summed E-state index contributed by atoms with van der Waals surface area (Å²) in [4.78, 5) is 8.76. The zero-order chi connectivity index (χ0) is 13.7. The van der Waals surface area contributed by atoms with Crippen LogP contribution in [0.3, 0.4) is 0 Å². The van der Waals surface area contributed by atoms with Crippen molar-refractivity contribution in [2.75, 3.05) is 18.5 Å². The lowest BCUT2D eigenvalue weighted by atomic mass is 9.93. The van der Waals surface area contributed by atoms with Gasteiger partial charge in [-0.2, -0.15) is 0 Å². The molecule has 1 aromatic heterocycles. The minimum atomic E-state index is 0.379. The first kappa shape index (κ1) is 14.5. The Hall–Kier alpha value is -0.870. The molecule has 4 nitrogen and oxygen atoms in total. The number of hydrogen-bond donors (Lipinski definition) is 1. The van der Waals surface area contributed by atoms with Crippen LogP contribution in [-0.2, 0) is 11.2 Å². The summed E-state index contributed by atoms with van der Waals surface area (Å²) >= 11 is 6.04. The monoisotopic (exact) mass is 283 g/mol. The van der Waals surface area contributed by atoms with Crippen LogP contribution < -0.4 is 5.32 Å². The third kappa shape index (κ3) is 4.32. The van der Waals surface area contributed by atoms with Crippen molar-refractivity contribution in [3.8, 4) is 0 Å². The minimum absolute atomic E-state index is 0.379. The number of ether oxygens (including phenoxy) is 1. The van der Waals surface area contributed by atoms with Crippen molar-refractivity contribution in [2.45, 2.75) is 45.6 Å². The number of nitrogens with zero attached hydrogens (tertiary/aromatic N) is 2.